The Morgan fingerprint density at radius 1 is 1.38 bits per heavy atom. The molecule has 1 fully saturated rings. The van der Waals surface area contributed by atoms with Crippen molar-refractivity contribution in [2.75, 3.05) is 13.1 Å². The maximum atomic E-state index is 12.6. The molecule has 1 saturated heterocycles. The standard InChI is InChI=1S/C15H19N5O4/c1-15(24)5-8-19(13(22)10-3-6-18(2)17-10)9-11(15)20-7-4-12(21)16-14(20)23/h3-4,6-7,11,24H,5,8-9H2,1-2H3,(H,16,21,23)/t11-,15-/m1/s1. The Bertz CT molecular complexity index is 878. The highest BCUT2D eigenvalue weighted by Crippen LogP contribution is 2.31. The van der Waals surface area contributed by atoms with Crippen LogP contribution in [0.1, 0.15) is 29.9 Å². The normalized spacial score (nSPS) is 24.1. The van der Waals surface area contributed by atoms with E-state index in [1.54, 1.807) is 31.1 Å². The molecule has 0 unspecified atom stereocenters. The summed E-state index contributed by atoms with van der Waals surface area (Å²) in [4.78, 5) is 39.6. The number of carbonyl (C=O) groups excluding carboxylic acids is 1. The lowest BCUT2D eigenvalue weighted by Gasteiger charge is -2.42. The number of amides is 1. The van der Waals surface area contributed by atoms with Crippen molar-refractivity contribution in [3.05, 3.63) is 51.1 Å². The number of aromatic nitrogens is 4. The molecule has 0 bridgehead atoms. The van der Waals surface area contributed by atoms with Crippen molar-refractivity contribution in [1.29, 1.82) is 0 Å². The van der Waals surface area contributed by atoms with E-state index in [0.29, 0.717) is 18.7 Å². The summed E-state index contributed by atoms with van der Waals surface area (Å²) in [6.45, 7) is 2.13. The third-order valence-corrected chi connectivity index (χ3v) is 4.41. The molecule has 9 heteroatoms. The number of aryl methyl sites for hydroxylation is 1. The quantitative estimate of drug-likeness (QED) is 0.740. The average molecular weight is 333 g/mol. The summed E-state index contributed by atoms with van der Waals surface area (Å²) in [5.41, 5.74) is -1.98. The molecule has 9 nitrogen and oxygen atoms in total. The molecule has 0 aliphatic carbocycles. The molecule has 2 aromatic heterocycles. The number of hydrogen-bond acceptors (Lipinski definition) is 5. The number of nitrogens with one attached hydrogen (secondary N) is 1. The van der Waals surface area contributed by atoms with Crippen LogP contribution in [0.3, 0.4) is 0 Å². The summed E-state index contributed by atoms with van der Waals surface area (Å²) in [7, 11) is 1.72. The minimum absolute atomic E-state index is 0.147. The molecular formula is C15H19N5O4. The molecule has 0 saturated carbocycles. The fraction of sp³-hybridized carbons (Fsp3) is 0.467. The van der Waals surface area contributed by atoms with Gasteiger partial charge in [0.15, 0.2) is 0 Å². The fourth-order valence-corrected chi connectivity index (χ4v) is 2.96. The van der Waals surface area contributed by atoms with Gasteiger partial charge in [0.1, 0.15) is 5.69 Å². The van der Waals surface area contributed by atoms with Crippen LogP contribution in [0, 0.1) is 0 Å². The molecule has 128 valence electrons. The van der Waals surface area contributed by atoms with Crippen molar-refractivity contribution in [1.82, 2.24) is 24.2 Å². The van der Waals surface area contributed by atoms with Gasteiger partial charge >= 0.3 is 5.69 Å². The van der Waals surface area contributed by atoms with Crippen molar-refractivity contribution in [2.45, 2.75) is 25.0 Å². The molecule has 3 heterocycles. The predicted octanol–water partition coefficient (Wildman–Crippen LogP) is -0.892. The fourth-order valence-electron chi connectivity index (χ4n) is 2.96. The van der Waals surface area contributed by atoms with Crippen molar-refractivity contribution >= 4 is 5.91 Å². The van der Waals surface area contributed by atoms with Crippen LogP contribution in [0.4, 0.5) is 0 Å². The van der Waals surface area contributed by atoms with Gasteiger partial charge in [-0.25, -0.2) is 4.79 Å². The molecule has 0 aromatic carbocycles. The van der Waals surface area contributed by atoms with E-state index in [9.17, 15) is 19.5 Å². The molecule has 3 rings (SSSR count). The topological polar surface area (TPSA) is 113 Å². The van der Waals surface area contributed by atoms with Gasteiger partial charge in [0.2, 0.25) is 0 Å². The van der Waals surface area contributed by atoms with E-state index in [-0.39, 0.29) is 12.5 Å². The molecule has 2 atom stereocenters. The van der Waals surface area contributed by atoms with Crippen molar-refractivity contribution in [3.8, 4) is 0 Å². The first kappa shape index (κ1) is 16.2. The minimum Gasteiger partial charge on any atom is -0.388 e. The van der Waals surface area contributed by atoms with Gasteiger partial charge in [0.25, 0.3) is 11.5 Å². The number of hydrogen-bond donors (Lipinski definition) is 2. The van der Waals surface area contributed by atoms with Gasteiger partial charge in [-0.05, 0) is 19.4 Å². The summed E-state index contributed by atoms with van der Waals surface area (Å²) in [5.74, 6) is -0.256. The lowest BCUT2D eigenvalue weighted by Crippen LogP contribution is -2.55. The zero-order valence-corrected chi connectivity index (χ0v) is 13.5. The lowest BCUT2D eigenvalue weighted by atomic mass is 9.88. The summed E-state index contributed by atoms with van der Waals surface area (Å²) in [6, 6.07) is 2.18. The molecule has 2 N–H and O–H groups in total. The second-order valence-corrected chi connectivity index (χ2v) is 6.27. The first-order chi connectivity index (χ1) is 11.3. The van der Waals surface area contributed by atoms with E-state index in [2.05, 4.69) is 10.1 Å². The molecule has 1 amide bonds. The highest BCUT2D eigenvalue weighted by Gasteiger charge is 2.41. The summed E-state index contributed by atoms with van der Waals surface area (Å²) in [6.07, 6.45) is 3.33. The number of likely N-dealkylation sites (tertiary alicyclic amines) is 1. The van der Waals surface area contributed by atoms with E-state index >= 15 is 0 Å². The maximum Gasteiger partial charge on any atom is 0.328 e. The first-order valence-electron chi connectivity index (χ1n) is 7.61. The smallest absolute Gasteiger partial charge is 0.328 e. The average Bonchev–Trinajstić information content (AvgIpc) is 2.94. The Hall–Kier alpha value is -2.68. The van der Waals surface area contributed by atoms with Crippen molar-refractivity contribution < 1.29 is 9.90 Å². The van der Waals surface area contributed by atoms with Crippen LogP contribution in [0.5, 0.6) is 0 Å². The lowest BCUT2D eigenvalue weighted by molar-refractivity contribution is -0.0460. The molecule has 0 spiro atoms. The third-order valence-electron chi connectivity index (χ3n) is 4.41. The molecule has 0 radical (unpaired) electrons. The Balaban J connectivity index is 1.91. The van der Waals surface area contributed by atoms with Crippen molar-refractivity contribution in [3.63, 3.8) is 0 Å². The zero-order valence-electron chi connectivity index (χ0n) is 13.5. The van der Waals surface area contributed by atoms with Crippen molar-refractivity contribution in [2.24, 2.45) is 7.05 Å². The van der Waals surface area contributed by atoms with E-state index < -0.39 is 22.9 Å². The van der Waals surface area contributed by atoms with Crippen LogP contribution in [0.15, 0.2) is 34.1 Å². The third kappa shape index (κ3) is 2.90. The Labute approximate surface area is 137 Å². The minimum atomic E-state index is -1.18. The van der Waals surface area contributed by atoms with Gasteiger partial charge in [-0.2, -0.15) is 5.10 Å². The van der Waals surface area contributed by atoms with Crippen LogP contribution in [0.2, 0.25) is 0 Å². The molecule has 1 aliphatic rings. The number of H-pyrrole nitrogens is 1. The molecular weight excluding hydrogens is 314 g/mol. The molecule has 24 heavy (non-hydrogen) atoms. The second kappa shape index (κ2) is 5.75. The monoisotopic (exact) mass is 333 g/mol. The summed E-state index contributed by atoms with van der Waals surface area (Å²) in [5, 5.41) is 14.7. The van der Waals surface area contributed by atoms with Crippen LogP contribution >= 0.6 is 0 Å². The van der Waals surface area contributed by atoms with Gasteiger partial charge in [-0.3, -0.25) is 23.8 Å². The first-order valence-corrected chi connectivity index (χ1v) is 7.61. The zero-order chi connectivity index (χ0) is 17.5. The van der Waals surface area contributed by atoms with Gasteiger partial charge in [-0.15, -0.1) is 0 Å². The van der Waals surface area contributed by atoms with Gasteiger partial charge < -0.3 is 10.0 Å². The SMILES string of the molecule is Cn1ccc(C(=O)N2CC[C@@](C)(O)[C@H](n3ccc(=O)[nH]c3=O)C2)n1. The largest absolute Gasteiger partial charge is 0.388 e. The van der Waals surface area contributed by atoms with E-state index in [4.69, 9.17) is 0 Å². The Kier molecular flexibility index (Phi) is 3.88. The summed E-state index contributed by atoms with van der Waals surface area (Å²) >= 11 is 0. The van der Waals surface area contributed by atoms with Gasteiger partial charge in [-0.1, -0.05) is 0 Å². The molecule has 1 aliphatic heterocycles. The molecule has 2 aromatic rings. The number of carbonyl (C=O) groups is 1. The van der Waals surface area contributed by atoms with Gasteiger partial charge in [0, 0.05) is 38.6 Å². The van der Waals surface area contributed by atoms with E-state index in [1.807, 2.05) is 0 Å². The van der Waals surface area contributed by atoms with Crippen LogP contribution in [-0.4, -0.2) is 53.9 Å². The maximum absolute atomic E-state index is 12.6. The number of aromatic amines is 1. The highest BCUT2D eigenvalue weighted by molar-refractivity contribution is 5.92. The number of piperidine rings is 1. The number of aliphatic hydroxyl groups is 1. The van der Waals surface area contributed by atoms with E-state index in [1.165, 1.54) is 21.5 Å². The Morgan fingerprint density at radius 2 is 2.12 bits per heavy atom. The van der Waals surface area contributed by atoms with Crippen LogP contribution in [0.25, 0.3) is 0 Å². The number of rotatable bonds is 2. The second-order valence-electron chi connectivity index (χ2n) is 6.27. The predicted molar refractivity (Wildman–Crippen MR) is 84.7 cm³/mol. The van der Waals surface area contributed by atoms with Gasteiger partial charge in [0.05, 0.1) is 11.6 Å². The highest BCUT2D eigenvalue weighted by atomic mass is 16.3. The van der Waals surface area contributed by atoms with Crippen LogP contribution in [-0.2, 0) is 7.05 Å². The van der Waals surface area contributed by atoms with E-state index in [0.717, 1.165) is 0 Å². The number of nitrogens with zero attached hydrogens (tertiary/aromatic N) is 4. The van der Waals surface area contributed by atoms with Crippen LogP contribution < -0.4 is 11.2 Å². The Morgan fingerprint density at radius 3 is 2.75 bits per heavy atom. The summed E-state index contributed by atoms with van der Waals surface area (Å²) < 4.78 is 2.80.